The van der Waals surface area contributed by atoms with Crippen molar-refractivity contribution in [3.05, 3.63) is 29.6 Å². The van der Waals surface area contributed by atoms with Gasteiger partial charge in [-0.3, -0.25) is 0 Å². The zero-order valence-corrected chi connectivity index (χ0v) is 12.8. The zero-order valence-electron chi connectivity index (χ0n) is 11.9. The third-order valence-corrected chi connectivity index (χ3v) is 5.70. The monoisotopic (exact) mass is 312 g/mol. The van der Waals surface area contributed by atoms with Gasteiger partial charge in [-0.2, -0.15) is 0 Å². The van der Waals surface area contributed by atoms with Crippen LogP contribution in [0.15, 0.2) is 23.1 Å². The Balaban J connectivity index is 1.64. The van der Waals surface area contributed by atoms with Crippen LogP contribution in [0.3, 0.4) is 0 Å². The molecule has 1 aromatic rings. The maximum Gasteiger partial charge on any atom is 0.243 e. The first-order chi connectivity index (χ1) is 10.0. The van der Waals surface area contributed by atoms with Crippen LogP contribution >= 0.6 is 0 Å². The van der Waals surface area contributed by atoms with Crippen LogP contribution in [0.25, 0.3) is 0 Å². The molecule has 0 saturated heterocycles. The molecule has 0 aromatic heterocycles. The van der Waals surface area contributed by atoms with Crippen molar-refractivity contribution in [3.63, 3.8) is 0 Å². The van der Waals surface area contributed by atoms with Crippen LogP contribution in [0.1, 0.15) is 37.7 Å². The Labute approximate surface area is 125 Å². The number of hydrogen-bond donors (Lipinski definition) is 2. The maximum atomic E-state index is 14.1. The molecule has 116 valence electrons. The Morgan fingerprint density at radius 3 is 2.52 bits per heavy atom. The van der Waals surface area contributed by atoms with E-state index in [1.54, 1.807) is 6.07 Å². The van der Waals surface area contributed by atoms with E-state index in [0.717, 1.165) is 24.8 Å². The van der Waals surface area contributed by atoms with Crippen LogP contribution in [0.4, 0.5) is 4.39 Å². The number of benzene rings is 1. The van der Waals surface area contributed by atoms with Crippen LogP contribution in [-0.2, 0) is 16.6 Å². The third-order valence-electron chi connectivity index (χ3n) is 4.24. The van der Waals surface area contributed by atoms with Gasteiger partial charge in [-0.05, 0) is 49.3 Å². The van der Waals surface area contributed by atoms with Gasteiger partial charge in [0.1, 0.15) is 10.7 Å². The van der Waals surface area contributed by atoms with Gasteiger partial charge < -0.3 is 5.32 Å². The van der Waals surface area contributed by atoms with Crippen LogP contribution in [-0.4, -0.2) is 21.0 Å². The summed E-state index contributed by atoms with van der Waals surface area (Å²) in [6.45, 7) is 0.990. The molecule has 2 aliphatic carbocycles. The lowest BCUT2D eigenvalue weighted by Gasteiger charge is -2.25. The molecule has 0 unspecified atom stereocenters. The van der Waals surface area contributed by atoms with Gasteiger partial charge in [0.15, 0.2) is 0 Å². The lowest BCUT2D eigenvalue weighted by molar-refractivity contribution is 0.316. The van der Waals surface area contributed by atoms with Crippen molar-refractivity contribution in [3.8, 4) is 0 Å². The molecule has 2 aliphatic rings. The number of nitrogens with one attached hydrogen (secondary N) is 2. The molecular weight excluding hydrogens is 291 g/mol. The Bertz CT molecular complexity index is 610. The van der Waals surface area contributed by atoms with E-state index in [1.807, 2.05) is 0 Å². The normalized spacial score (nSPS) is 19.5. The van der Waals surface area contributed by atoms with E-state index in [2.05, 4.69) is 10.0 Å². The lowest BCUT2D eigenvalue weighted by atomic mass is 9.86. The van der Waals surface area contributed by atoms with Crippen molar-refractivity contribution in [1.82, 2.24) is 10.0 Å². The van der Waals surface area contributed by atoms with Crippen molar-refractivity contribution < 1.29 is 12.8 Å². The summed E-state index contributed by atoms with van der Waals surface area (Å²) in [6.07, 6.45) is 5.59. The molecule has 2 fully saturated rings. The minimum absolute atomic E-state index is 0.253. The predicted octanol–water partition coefficient (Wildman–Crippen LogP) is 2.16. The van der Waals surface area contributed by atoms with E-state index >= 15 is 0 Å². The lowest BCUT2D eigenvalue weighted by Crippen LogP contribution is -2.32. The van der Waals surface area contributed by atoms with Crippen molar-refractivity contribution in [2.24, 2.45) is 5.92 Å². The van der Waals surface area contributed by atoms with E-state index in [9.17, 15) is 12.8 Å². The largest absolute Gasteiger partial charge is 0.310 e. The Kier molecular flexibility index (Phi) is 4.28. The zero-order chi connectivity index (χ0) is 14.9. The molecule has 0 atom stereocenters. The van der Waals surface area contributed by atoms with E-state index in [1.165, 1.54) is 25.0 Å². The molecule has 0 bridgehead atoms. The summed E-state index contributed by atoms with van der Waals surface area (Å²) in [5, 5.41) is 3.28. The average Bonchev–Trinajstić information content (AvgIpc) is 3.18. The summed E-state index contributed by atoms with van der Waals surface area (Å²) < 4.78 is 40.8. The van der Waals surface area contributed by atoms with Crippen LogP contribution in [0.2, 0.25) is 0 Å². The van der Waals surface area contributed by atoms with Crippen LogP contribution in [0.5, 0.6) is 0 Å². The smallest absolute Gasteiger partial charge is 0.243 e. The fraction of sp³-hybridized carbons (Fsp3) is 0.600. The van der Waals surface area contributed by atoms with Gasteiger partial charge in [0, 0.05) is 19.1 Å². The molecular formula is C15H21FN2O2S. The third kappa shape index (κ3) is 3.81. The van der Waals surface area contributed by atoms with Gasteiger partial charge >= 0.3 is 0 Å². The summed E-state index contributed by atoms with van der Waals surface area (Å²) in [5.74, 6) is -0.268. The van der Waals surface area contributed by atoms with Crippen LogP contribution < -0.4 is 10.0 Å². The van der Waals surface area contributed by atoms with Gasteiger partial charge in [0.25, 0.3) is 0 Å². The number of rotatable bonds is 7. The van der Waals surface area contributed by atoms with Crippen LogP contribution in [0, 0.1) is 11.7 Å². The second-order valence-corrected chi connectivity index (χ2v) is 7.80. The fourth-order valence-corrected chi connectivity index (χ4v) is 3.60. The van der Waals surface area contributed by atoms with E-state index in [0.29, 0.717) is 25.0 Å². The SMILES string of the molecule is O=S(=O)(NCC1CCC1)c1ccc(CNC2CC2)cc1F. The van der Waals surface area contributed by atoms with E-state index in [-0.39, 0.29) is 4.90 Å². The maximum absolute atomic E-state index is 14.1. The fourth-order valence-electron chi connectivity index (χ4n) is 2.42. The number of hydrogen-bond acceptors (Lipinski definition) is 3. The quantitative estimate of drug-likeness (QED) is 0.811. The van der Waals surface area contributed by atoms with Gasteiger partial charge in [-0.15, -0.1) is 0 Å². The second-order valence-electron chi connectivity index (χ2n) is 6.07. The summed E-state index contributed by atoms with van der Waals surface area (Å²) in [5.41, 5.74) is 0.775. The Morgan fingerprint density at radius 2 is 1.95 bits per heavy atom. The van der Waals surface area contributed by atoms with Crippen molar-refractivity contribution in [1.29, 1.82) is 0 Å². The molecule has 0 heterocycles. The van der Waals surface area contributed by atoms with Gasteiger partial charge in [-0.1, -0.05) is 12.5 Å². The highest BCUT2D eigenvalue weighted by molar-refractivity contribution is 7.89. The first-order valence-electron chi connectivity index (χ1n) is 7.56. The van der Waals surface area contributed by atoms with E-state index < -0.39 is 15.8 Å². The van der Waals surface area contributed by atoms with Crippen molar-refractivity contribution >= 4 is 10.0 Å². The Morgan fingerprint density at radius 1 is 1.19 bits per heavy atom. The summed E-state index contributed by atoms with van der Waals surface area (Å²) in [6, 6.07) is 4.90. The first-order valence-corrected chi connectivity index (χ1v) is 9.04. The molecule has 2 saturated carbocycles. The highest BCUT2D eigenvalue weighted by Crippen LogP contribution is 2.26. The van der Waals surface area contributed by atoms with Gasteiger partial charge in [0.05, 0.1) is 0 Å². The van der Waals surface area contributed by atoms with Gasteiger partial charge in [0.2, 0.25) is 10.0 Å². The molecule has 6 heteroatoms. The molecule has 4 nitrogen and oxygen atoms in total. The number of halogens is 1. The van der Waals surface area contributed by atoms with Gasteiger partial charge in [-0.25, -0.2) is 17.5 Å². The minimum atomic E-state index is -3.74. The second kappa shape index (κ2) is 6.02. The standard InChI is InChI=1S/C15H21FN2O2S/c16-14-8-12(9-17-13-5-6-13)4-7-15(14)21(19,20)18-10-11-2-1-3-11/h4,7-8,11,13,17-18H,1-3,5-6,9-10H2. The molecule has 2 N–H and O–H groups in total. The van der Waals surface area contributed by atoms with Crippen molar-refractivity contribution in [2.45, 2.75) is 49.6 Å². The molecule has 0 radical (unpaired) electrons. The molecule has 0 spiro atoms. The Hall–Kier alpha value is -0.980. The minimum Gasteiger partial charge on any atom is -0.310 e. The molecule has 3 rings (SSSR count). The number of sulfonamides is 1. The highest BCUT2D eigenvalue weighted by atomic mass is 32.2. The van der Waals surface area contributed by atoms with Crippen molar-refractivity contribution in [2.75, 3.05) is 6.54 Å². The average molecular weight is 312 g/mol. The summed E-state index contributed by atoms with van der Waals surface area (Å²) >= 11 is 0. The molecule has 1 aromatic carbocycles. The summed E-state index contributed by atoms with van der Waals surface area (Å²) in [4.78, 5) is -0.253. The predicted molar refractivity (Wildman–Crippen MR) is 78.8 cm³/mol. The van der Waals surface area contributed by atoms with E-state index in [4.69, 9.17) is 0 Å². The molecule has 0 amide bonds. The topological polar surface area (TPSA) is 58.2 Å². The highest BCUT2D eigenvalue weighted by Gasteiger charge is 2.24. The molecule has 0 aliphatic heterocycles. The summed E-state index contributed by atoms with van der Waals surface area (Å²) in [7, 11) is -3.74. The first kappa shape index (κ1) is 14.9. The molecule has 21 heavy (non-hydrogen) atoms.